The second-order valence-electron chi connectivity index (χ2n) is 8.24. The van der Waals surface area contributed by atoms with Gasteiger partial charge in [-0.3, -0.25) is 25.3 Å². The molecule has 0 unspecified atom stereocenters. The van der Waals surface area contributed by atoms with Crippen molar-refractivity contribution in [3.05, 3.63) is 84.6 Å². The predicted molar refractivity (Wildman–Crippen MR) is 133 cm³/mol. The number of methoxy groups -OCH3 is 1. The number of aromatic nitrogens is 6. The molecule has 5 aromatic heterocycles. The molecule has 0 amide bonds. The number of H-pyrrole nitrogens is 1. The van der Waals surface area contributed by atoms with Gasteiger partial charge < -0.3 is 9.72 Å². The number of aromatic amines is 1. The fourth-order valence-electron chi connectivity index (χ4n) is 4.26. The molecule has 0 fully saturated rings. The SMILES string of the molecule is COc1cncc(-c2ccc3c(n2)C(c2nc4c(-c5ccncc5)cncc4[nH]2)=NCN[C@@H]3C)c1. The molecule has 9 heteroatoms. The number of hydrogen-bond donors (Lipinski definition) is 2. The average Bonchev–Trinajstić information content (AvgIpc) is 3.28. The Morgan fingerprint density at radius 1 is 0.914 bits per heavy atom. The quantitative estimate of drug-likeness (QED) is 0.416. The van der Waals surface area contributed by atoms with Crippen LogP contribution >= 0.6 is 0 Å². The molecular formula is C26H22N8O. The largest absolute Gasteiger partial charge is 0.495 e. The summed E-state index contributed by atoms with van der Waals surface area (Å²) in [6.07, 6.45) is 10.6. The van der Waals surface area contributed by atoms with Gasteiger partial charge >= 0.3 is 0 Å². The van der Waals surface area contributed by atoms with Crippen LogP contribution in [0.25, 0.3) is 33.4 Å². The van der Waals surface area contributed by atoms with Crippen molar-refractivity contribution in [1.29, 1.82) is 0 Å². The maximum absolute atomic E-state index is 5.35. The standard InChI is InChI=1S/C26H22N8O/c1-15-19-3-4-21(17-9-18(35-2)11-28-10-17)32-24(19)25(31-14-30-15)26-33-22-13-29-12-20(23(22)34-26)16-5-7-27-8-6-16/h3-13,15,30H,14H2,1-2H3,(H,33,34)/t15-/m1/s1. The number of ether oxygens (including phenoxy) is 1. The summed E-state index contributed by atoms with van der Waals surface area (Å²) < 4.78 is 5.35. The summed E-state index contributed by atoms with van der Waals surface area (Å²) in [5.74, 6) is 1.32. The summed E-state index contributed by atoms with van der Waals surface area (Å²) >= 11 is 0. The van der Waals surface area contributed by atoms with E-state index in [4.69, 9.17) is 19.7 Å². The molecule has 2 N–H and O–H groups in total. The molecule has 1 atom stereocenters. The zero-order valence-corrected chi connectivity index (χ0v) is 19.2. The lowest BCUT2D eigenvalue weighted by atomic mass is 10.0. The highest BCUT2D eigenvalue weighted by Crippen LogP contribution is 2.29. The Bertz CT molecular complexity index is 1560. The van der Waals surface area contributed by atoms with E-state index in [1.807, 2.05) is 30.5 Å². The highest BCUT2D eigenvalue weighted by Gasteiger charge is 2.24. The molecule has 0 saturated heterocycles. The van der Waals surface area contributed by atoms with Gasteiger partial charge in [0.15, 0.2) is 5.82 Å². The lowest BCUT2D eigenvalue weighted by molar-refractivity contribution is 0.413. The van der Waals surface area contributed by atoms with Crippen molar-refractivity contribution in [3.8, 4) is 28.1 Å². The molecule has 5 aromatic rings. The summed E-state index contributed by atoms with van der Waals surface area (Å²) in [6.45, 7) is 2.56. The van der Waals surface area contributed by atoms with E-state index in [-0.39, 0.29) is 6.04 Å². The average molecular weight is 463 g/mol. The number of nitrogens with zero attached hydrogens (tertiary/aromatic N) is 6. The molecule has 172 valence electrons. The molecule has 0 aliphatic carbocycles. The first kappa shape index (κ1) is 21.1. The second-order valence-corrected chi connectivity index (χ2v) is 8.24. The summed E-state index contributed by atoms with van der Waals surface area (Å²) in [5.41, 5.74) is 7.76. The van der Waals surface area contributed by atoms with E-state index < -0.39 is 0 Å². The minimum absolute atomic E-state index is 0.0784. The Kier molecular flexibility index (Phi) is 5.23. The van der Waals surface area contributed by atoms with E-state index in [0.29, 0.717) is 24.0 Å². The molecule has 0 saturated carbocycles. The molecule has 1 aliphatic rings. The van der Waals surface area contributed by atoms with Crippen molar-refractivity contribution in [2.24, 2.45) is 4.99 Å². The summed E-state index contributed by atoms with van der Waals surface area (Å²) in [5, 5.41) is 3.43. The number of fused-ring (bicyclic) bond motifs is 2. The molecule has 9 nitrogen and oxygen atoms in total. The Morgan fingerprint density at radius 2 is 1.77 bits per heavy atom. The van der Waals surface area contributed by atoms with Crippen LogP contribution in [0.2, 0.25) is 0 Å². The molecule has 35 heavy (non-hydrogen) atoms. The van der Waals surface area contributed by atoms with Gasteiger partial charge in [0.05, 0.1) is 48.6 Å². The van der Waals surface area contributed by atoms with Crippen molar-refractivity contribution in [2.75, 3.05) is 13.8 Å². The van der Waals surface area contributed by atoms with Crippen molar-refractivity contribution in [1.82, 2.24) is 35.2 Å². The van der Waals surface area contributed by atoms with Crippen LogP contribution in [0.4, 0.5) is 0 Å². The Labute approximate surface area is 201 Å². The highest BCUT2D eigenvalue weighted by atomic mass is 16.5. The van der Waals surface area contributed by atoms with Crippen LogP contribution in [-0.4, -0.2) is 49.4 Å². The highest BCUT2D eigenvalue weighted by molar-refractivity contribution is 6.12. The molecule has 0 aromatic carbocycles. The van der Waals surface area contributed by atoms with Gasteiger partial charge in [0.2, 0.25) is 0 Å². The number of nitrogens with one attached hydrogen (secondary N) is 2. The van der Waals surface area contributed by atoms with E-state index >= 15 is 0 Å². The monoisotopic (exact) mass is 462 g/mol. The Hall–Kier alpha value is -4.50. The number of imidazole rings is 1. The van der Waals surface area contributed by atoms with Crippen molar-refractivity contribution in [2.45, 2.75) is 13.0 Å². The van der Waals surface area contributed by atoms with Gasteiger partial charge in [-0.05, 0) is 42.3 Å². The van der Waals surface area contributed by atoms with Gasteiger partial charge in [0.25, 0.3) is 0 Å². The van der Waals surface area contributed by atoms with E-state index in [1.165, 1.54) is 0 Å². The topological polar surface area (TPSA) is 114 Å². The van der Waals surface area contributed by atoms with Gasteiger partial charge in [0, 0.05) is 42.0 Å². The Morgan fingerprint density at radius 3 is 2.63 bits per heavy atom. The molecule has 0 radical (unpaired) electrons. The van der Waals surface area contributed by atoms with Gasteiger partial charge in [-0.2, -0.15) is 0 Å². The first-order valence-electron chi connectivity index (χ1n) is 11.2. The molecule has 6 rings (SSSR count). The first-order chi connectivity index (χ1) is 17.2. The zero-order chi connectivity index (χ0) is 23.8. The molecule has 6 heterocycles. The van der Waals surface area contributed by atoms with E-state index in [1.54, 1.807) is 38.1 Å². The van der Waals surface area contributed by atoms with Crippen LogP contribution in [0, 0.1) is 0 Å². The molecule has 0 spiro atoms. The fraction of sp³-hybridized carbons (Fsp3) is 0.154. The van der Waals surface area contributed by atoms with E-state index in [2.05, 4.69) is 38.2 Å². The third-order valence-electron chi connectivity index (χ3n) is 6.11. The van der Waals surface area contributed by atoms with Crippen molar-refractivity contribution in [3.63, 3.8) is 0 Å². The van der Waals surface area contributed by atoms with E-state index in [9.17, 15) is 0 Å². The fourth-order valence-corrected chi connectivity index (χ4v) is 4.26. The second kappa shape index (κ2) is 8.69. The lowest BCUT2D eigenvalue weighted by Gasteiger charge is -2.14. The third-order valence-corrected chi connectivity index (χ3v) is 6.11. The third kappa shape index (κ3) is 3.81. The minimum Gasteiger partial charge on any atom is -0.495 e. The van der Waals surface area contributed by atoms with Gasteiger partial charge in [-0.15, -0.1) is 0 Å². The Balaban J connectivity index is 1.50. The van der Waals surface area contributed by atoms with Gasteiger partial charge in [0.1, 0.15) is 11.5 Å². The van der Waals surface area contributed by atoms with Crippen LogP contribution in [0.1, 0.15) is 30.0 Å². The van der Waals surface area contributed by atoms with Crippen molar-refractivity contribution >= 4 is 16.7 Å². The van der Waals surface area contributed by atoms with Gasteiger partial charge in [-0.25, -0.2) is 9.97 Å². The first-order valence-corrected chi connectivity index (χ1v) is 11.2. The van der Waals surface area contributed by atoms with E-state index in [0.717, 1.165) is 44.7 Å². The predicted octanol–water partition coefficient (Wildman–Crippen LogP) is 3.94. The maximum Gasteiger partial charge on any atom is 0.159 e. The van der Waals surface area contributed by atoms with Crippen LogP contribution in [0.15, 0.2) is 72.5 Å². The van der Waals surface area contributed by atoms with Crippen LogP contribution in [0.5, 0.6) is 5.75 Å². The summed E-state index contributed by atoms with van der Waals surface area (Å²) in [7, 11) is 1.63. The van der Waals surface area contributed by atoms with Crippen LogP contribution in [0.3, 0.4) is 0 Å². The maximum atomic E-state index is 5.35. The molecule has 0 bridgehead atoms. The normalized spacial score (nSPS) is 15.4. The smallest absolute Gasteiger partial charge is 0.159 e. The minimum atomic E-state index is 0.0784. The number of pyridine rings is 4. The van der Waals surface area contributed by atoms with Crippen LogP contribution < -0.4 is 10.1 Å². The number of hydrogen-bond acceptors (Lipinski definition) is 8. The summed E-state index contributed by atoms with van der Waals surface area (Å²) in [6, 6.07) is 9.98. The molecular weight excluding hydrogens is 440 g/mol. The van der Waals surface area contributed by atoms with Crippen LogP contribution in [-0.2, 0) is 0 Å². The summed E-state index contributed by atoms with van der Waals surface area (Å²) in [4.78, 5) is 31.1. The zero-order valence-electron chi connectivity index (χ0n) is 19.2. The van der Waals surface area contributed by atoms with Gasteiger partial charge in [-0.1, -0.05) is 6.07 Å². The molecule has 1 aliphatic heterocycles. The number of rotatable bonds is 4. The van der Waals surface area contributed by atoms with Crippen molar-refractivity contribution < 1.29 is 4.74 Å². The number of aliphatic imine (C=N–C) groups is 1. The lowest BCUT2D eigenvalue weighted by Crippen LogP contribution is -2.17.